The molecule has 0 saturated carbocycles. The Bertz CT molecular complexity index is 285. The number of carboxylic acid groups (broad SMARTS) is 1. The van der Waals surface area contributed by atoms with E-state index < -0.39 is 5.97 Å². The minimum atomic E-state index is -1.02. The zero-order chi connectivity index (χ0) is 10.4. The fraction of sp³-hybridized carbons (Fsp3) is 0.100. The predicted octanol–water partition coefficient (Wildman–Crippen LogP) is 2.20. The molecule has 70 valence electrons. The fourth-order valence-electron chi connectivity index (χ4n) is 0.886. The van der Waals surface area contributed by atoms with E-state index in [1.165, 1.54) is 18.2 Å². The second-order valence-corrected chi connectivity index (χ2v) is 2.36. The summed E-state index contributed by atoms with van der Waals surface area (Å²) < 4.78 is 0. The average Bonchev–Trinajstić information content (AvgIpc) is 2.06. The third-order valence-corrected chi connectivity index (χ3v) is 1.31. The van der Waals surface area contributed by atoms with Gasteiger partial charge in [0.15, 0.2) is 0 Å². The van der Waals surface area contributed by atoms with Crippen LogP contribution in [-0.2, 0) is 0 Å². The molecule has 0 spiro atoms. The van der Waals surface area contributed by atoms with E-state index in [9.17, 15) is 4.79 Å². The van der Waals surface area contributed by atoms with Gasteiger partial charge in [-0.2, -0.15) is 0 Å². The maximum absolute atomic E-state index is 10.4. The first-order valence-electron chi connectivity index (χ1n) is 3.63. The van der Waals surface area contributed by atoms with Crippen molar-refractivity contribution in [3.8, 4) is 5.75 Å². The van der Waals surface area contributed by atoms with Gasteiger partial charge in [-0.3, -0.25) is 0 Å². The monoisotopic (exact) mass is 180 g/mol. The van der Waals surface area contributed by atoms with E-state index in [1.54, 1.807) is 6.92 Å². The van der Waals surface area contributed by atoms with Crippen molar-refractivity contribution in [1.82, 2.24) is 0 Å². The second kappa shape index (κ2) is 4.98. The van der Waals surface area contributed by atoms with Crippen molar-refractivity contribution in [2.75, 3.05) is 0 Å². The molecule has 0 bridgehead atoms. The fourth-order valence-corrected chi connectivity index (χ4v) is 0.886. The summed E-state index contributed by atoms with van der Waals surface area (Å²) in [7, 11) is 0. The minimum absolute atomic E-state index is 0.0117. The first kappa shape index (κ1) is 11.2. The molecule has 0 fully saturated rings. The van der Waals surface area contributed by atoms with Crippen LogP contribution < -0.4 is 0 Å². The zero-order valence-corrected chi connectivity index (χ0v) is 7.45. The molecule has 13 heavy (non-hydrogen) atoms. The topological polar surface area (TPSA) is 57.5 Å². The molecule has 0 aromatic heterocycles. The van der Waals surface area contributed by atoms with Crippen molar-refractivity contribution >= 4 is 5.97 Å². The van der Waals surface area contributed by atoms with E-state index in [0.717, 1.165) is 5.56 Å². The molecule has 0 aliphatic rings. The lowest BCUT2D eigenvalue weighted by Gasteiger charge is -1.97. The van der Waals surface area contributed by atoms with Crippen LogP contribution in [0.25, 0.3) is 0 Å². The van der Waals surface area contributed by atoms with Gasteiger partial charge in [-0.1, -0.05) is 0 Å². The van der Waals surface area contributed by atoms with Gasteiger partial charge in [-0.05, 0) is 30.7 Å². The predicted molar refractivity (Wildman–Crippen MR) is 51.1 cm³/mol. The van der Waals surface area contributed by atoms with Crippen molar-refractivity contribution in [1.29, 1.82) is 0 Å². The molecule has 1 aromatic rings. The van der Waals surface area contributed by atoms with Crippen molar-refractivity contribution < 1.29 is 15.0 Å². The van der Waals surface area contributed by atoms with Crippen LogP contribution in [0.2, 0.25) is 0 Å². The summed E-state index contributed by atoms with van der Waals surface area (Å²) >= 11 is 0. The molecule has 0 aliphatic heterocycles. The summed E-state index contributed by atoms with van der Waals surface area (Å²) in [5.74, 6) is -1.04. The van der Waals surface area contributed by atoms with Crippen molar-refractivity contribution in [2.45, 2.75) is 6.92 Å². The van der Waals surface area contributed by atoms with E-state index in [4.69, 9.17) is 10.2 Å². The maximum Gasteiger partial charge on any atom is 0.335 e. The Kier molecular flexibility index (Phi) is 4.30. The van der Waals surface area contributed by atoms with Crippen LogP contribution in [0.1, 0.15) is 15.9 Å². The highest BCUT2D eigenvalue weighted by molar-refractivity contribution is 5.88. The van der Waals surface area contributed by atoms with E-state index in [0.29, 0.717) is 0 Å². The quantitative estimate of drug-likeness (QED) is 0.651. The Morgan fingerprint density at radius 2 is 1.85 bits per heavy atom. The molecule has 3 heteroatoms. The number of phenolic OH excluding ortho intramolecular Hbond substituents is 1. The van der Waals surface area contributed by atoms with Gasteiger partial charge in [-0.25, -0.2) is 4.79 Å². The molecule has 3 nitrogen and oxygen atoms in total. The molecule has 0 radical (unpaired) electrons. The summed E-state index contributed by atoms with van der Waals surface area (Å²) in [4.78, 5) is 10.4. The Hall–Kier alpha value is -1.77. The summed E-state index contributed by atoms with van der Waals surface area (Å²) in [5, 5.41) is 17.5. The number of benzene rings is 1. The highest BCUT2D eigenvalue weighted by atomic mass is 16.4. The lowest BCUT2D eigenvalue weighted by atomic mass is 10.1. The van der Waals surface area contributed by atoms with Crippen LogP contribution in [0.3, 0.4) is 0 Å². The Balaban J connectivity index is 0.000000671. The SMILES string of the molecule is C=C.Cc1cc(O)cc(C(=O)O)c1. The molecule has 0 aliphatic carbocycles. The normalized spacial score (nSPS) is 8.38. The number of aromatic hydroxyl groups is 1. The highest BCUT2D eigenvalue weighted by Crippen LogP contribution is 2.14. The van der Waals surface area contributed by atoms with E-state index in [2.05, 4.69) is 13.2 Å². The number of rotatable bonds is 1. The van der Waals surface area contributed by atoms with Crippen LogP contribution in [0.15, 0.2) is 31.4 Å². The lowest BCUT2D eigenvalue weighted by molar-refractivity contribution is 0.0696. The number of aryl methyl sites for hydroxylation is 1. The summed E-state index contributed by atoms with van der Waals surface area (Å²) in [6.45, 7) is 7.73. The van der Waals surface area contributed by atoms with Crippen LogP contribution in [-0.4, -0.2) is 16.2 Å². The van der Waals surface area contributed by atoms with E-state index in [-0.39, 0.29) is 11.3 Å². The number of hydrogen-bond donors (Lipinski definition) is 2. The summed E-state index contributed by atoms with van der Waals surface area (Å²) in [6.07, 6.45) is 0. The number of phenols is 1. The van der Waals surface area contributed by atoms with Gasteiger partial charge in [-0.15, -0.1) is 13.2 Å². The summed E-state index contributed by atoms with van der Waals surface area (Å²) in [6, 6.07) is 4.23. The largest absolute Gasteiger partial charge is 0.508 e. The molecular formula is C10H12O3. The first-order chi connectivity index (χ1) is 6.09. The van der Waals surface area contributed by atoms with Gasteiger partial charge in [0.2, 0.25) is 0 Å². The Labute approximate surface area is 77.0 Å². The third-order valence-electron chi connectivity index (χ3n) is 1.31. The molecule has 0 amide bonds. The highest BCUT2D eigenvalue weighted by Gasteiger charge is 2.03. The number of hydrogen-bond acceptors (Lipinski definition) is 2. The third kappa shape index (κ3) is 3.42. The van der Waals surface area contributed by atoms with Crippen molar-refractivity contribution in [3.05, 3.63) is 42.5 Å². The van der Waals surface area contributed by atoms with E-state index in [1.807, 2.05) is 0 Å². The molecule has 2 N–H and O–H groups in total. The number of aromatic carboxylic acids is 1. The molecule has 0 atom stereocenters. The smallest absolute Gasteiger partial charge is 0.335 e. The zero-order valence-electron chi connectivity index (χ0n) is 7.45. The molecule has 0 heterocycles. The van der Waals surface area contributed by atoms with Crippen LogP contribution in [0.4, 0.5) is 0 Å². The van der Waals surface area contributed by atoms with Crippen molar-refractivity contribution in [3.63, 3.8) is 0 Å². The molecule has 1 rings (SSSR count). The molecule has 1 aromatic carbocycles. The summed E-state index contributed by atoms with van der Waals surface area (Å²) in [5.41, 5.74) is 0.852. The van der Waals surface area contributed by atoms with Crippen LogP contribution >= 0.6 is 0 Å². The first-order valence-corrected chi connectivity index (χ1v) is 3.63. The van der Waals surface area contributed by atoms with Crippen LogP contribution in [0, 0.1) is 6.92 Å². The van der Waals surface area contributed by atoms with Gasteiger partial charge in [0.25, 0.3) is 0 Å². The Morgan fingerprint density at radius 3 is 2.23 bits per heavy atom. The van der Waals surface area contributed by atoms with Gasteiger partial charge in [0, 0.05) is 0 Å². The molecule has 0 unspecified atom stereocenters. The molecular weight excluding hydrogens is 168 g/mol. The van der Waals surface area contributed by atoms with Gasteiger partial charge in [0.1, 0.15) is 5.75 Å². The van der Waals surface area contributed by atoms with Crippen LogP contribution in [0.5, 0.6) is 5.75 Å². The van der Waals surface area contributed by atoms with Crippen molar-refractivity contribution in [2.24, 2.45) is 0 Å². The number of carbonyl (C=O) groups is 1. The van der Waals surface area contributed by atoms with Gasteiger partial charge >= 0.3 is 5.97 Å². The lowest BCUT2D eigenvalue weighted by Crippen LogP contribution is -1.95. The second-order valence-electron chi connectivity index (χ2n) is 2.36. The number of carboxylic acids is 1. The standard InChI is InChI=1S/C8H8O3.C2H4/c1-5-2-6(8(10)11)4-7(9)3-5;1-2/h2-4,9H,1H3,(H,10,11);1-2H2. The van der Waals surface area contributed by atoms with Gasteiger partial charge in [0.05, 0.1) is 5.56 Å². The maximum atomic E-state index is 10.4. The average molecular weight is 180 g/mol. The van der Waals surface area contributed by atoms with E-state index >= 15 is 0 Å². The Morgan fingerprint density at radius 1 is 1.31 bits per heavy atom. The minimum Gasteiger partial charge on any atom is -0.508 e. The van der Waals surface area contributed by atoms with Gasteiger partial charge < -0.3 is 10.2 Å². The molecule has 0 saturated heterocycles.